The highest BCUT2D eigenvalue weighted by Gasteiger charge is 2.35. The maximum Gasteiger partial charge on any atom is 0.330 e. The van der Waals surface area contributed by atoms with Crippen molar-refractivity contribution in [3.8, 4) is 0 Å². The Morgan fingerprint density at radius 1 is 1.41 bits per heavy atom. The van der Waals surface area contributed by atoms with Gasteiger partial charge < -0.3 is 15.9 Å². The first-order valence-electron chi connectivity index (χ1n) is 4.30. The Morgan fingerprint density at radius 2 is 1.88 bits per heavy atom. The molecule has 8 heteroatoms. The van der Waals surface area contributed by atoms with Gasteiger partial charge in [-0.2, -0.15) is 0 Å². The zero-order valence-electron chi connectivity index (χ0n) is 8.57. The van der Waals surface area contributed by atoms with Crippen molar-refractivity contribution in [3.05, 3.63) is 39.9 Å². The summed E-state index contributed by atoms with van der Waals surface area (Å²) in [6.45, 7) is -0.792. The predicted octanol–water partition coefficient (Wildman–Crippen LogP) is 0.248. The number of aliphatic carboxylic acids is 1. The molecule has 0 heterocycles. The molecule has 0 saturated carbocycles. The maximum atomic E-state index is 10.9. The molecule has 1 unspecified atom stereocenters. The lowest BCUT2D eigenvalue weighted by Crippen LogP contribution is -2.48. The van der Waals surface area contributed by atoms with Gasteiger partial charge in [0.15, 0.2) is 5.54 Å². The molecule has 4 N–H and O–H groups in total. The van der Waals surface area contributed by atoms with Crippen molar-refractivity contribution >= 4 is 24.1 Å². The van der Waals surface area contributed by atoms with Crippen LogP contribution in [0.15, 0.2) is 24.3 Å². The quantitative estimate of drug-likeness (QED) is 0.527. The third-order valence-corrected chi connectivity index (χ3v) is 2.22. The van der Waals surface area contributed by atoms with Gasteiger partial charge in [-0.05, 0) is 17.7 Å². The summed E-state index contributed by atoms with van der Waals surface area (Å²) in [4.78, 5) is 20.6. The Balaban J connectivity index is 0.00000256. The summed E-state index contributed by atoms with van der Waals surface area (Å²) in [5.41, 5.74) is 3.47. The number of non-ortho nitro benzene ring substituents is 1. The summed E-state index contributed by atoms with van der Waals surface area (Å²) in [6, 6.07) is 4.69. The van der Waals surface area contributed by atoms with Gasteiger partial charge >= 0.3 is 5.97 Å². The van der Waals surface area contributed by atoms with E-state index in [0.29, 0.717) is 0 Å². The van der Waals surface area contributed by atoms with Crippen molar-refractivity contribution in [2.45, 2.75) is 5.54 Å². The van der Waals surface area contributed by atoms with Crippen LogP contribution < -0.4 is 5.73 Å². The van der Waals surface area contributed by atoms with Gasteiger partial charge in [-0.1, -0.05) is 0 Å². The van der Waals surface area contributed by atoms with Gasteiger partial charge in [0.05, 0.1) is 11.5 Å². The average molecular weight is 263 g/mol. The summed E-state index contributed by atoms with van der Waals surface area (Å²) < 4.78 is 0. The SMILES string of the molecule is Cl.NC(CO)(C(=O)O)c1ccc([N+](=O)[O-])cc1. The second kappa shape index (κ2) is 5.58. The van der Waals surface area contributed by atoms with Crippen LogP contribution in [0, 0.1) is 10.1 Å². The second-order valence-corrected chi connectivity index (χ2v) is 3.24. The largest absolute Gasteiger partial charge is 0.480 e. The molecule has 0 aliphatic carbocycles. The first-order chi connectivity index (χ1) is 7.41. The van der Waals surface area contributed by atoms with E-state index in [9.17, 15) is 14.9 Å². The fourth-order valence-corrected chi connectivity index (χ4v) is 1.16. The molecular weight excluding hydrogens is 252 g/mol. The summed E-state index contributed by atoms with van der Waals surface area (Å²) >= 11 is 0. The van der Waals surface area contributed by atoms with E-state index in [0.717, 1.165) is 12.1 Å². The van der Waals surface area contributed by atoms with E-state index in [1.165, 1.54) is 12.1 Å². The highest BCUT2D eigenvalue weighted by molar-refractivity contribution is 5.85. The zero-order chi connectivity index (χ0) is 12.3. The van der Waals surface area contributed by atoms with Crippen LogP contribution in [-0.4, -0.2) is 27.7 Å². The number of nitro groups is 1. The topological polar surface area (TPSA) is 127 Å². The van der Waals surface area contributed by atoms with E-state index in [1.54, 1.807) is 0 Å². The molecule has 0 aliphatic rings. The van der Waals surface area contributed by atoms with Gasteiger partial charge in [0, 0.05) is 12.1 Å². The molecule has 94 valence electrons. The first kappa shape index (κ1) is 15.3. The molecule has 0 spiro atoms. The fourth-order valence-electron chi connectivity index (χ4n) is 1.16. The highest BCUT2D eigenvalue weighted by Crippen LogP contribution is 2.21. The van der Waals surface area contributed by atoms with Gasteiger partial charge in [-0.15, -0.1) is 12.4 Å². The molecule has 1 atom stereocenters. The normalized spacial score (nSPS) is 13.3. The fraction of sp³-hybridized carbons (Fsp3) is 0.222. The molecule has 1 aromatic carbocycles. The number of rotatable bonds is 4. The maximum absolute atomic E-state index is 10.9. The second-order valence-electron chi connectivity index (χ2n) is 3.24. The molecule has 17 heavy (non-hydrogen) atoms. The molecule has 0 radical (unpaired) electrons. The van der Waals surface area contributed by atoms with E-state index >= 15 is 0 Å². The average Bonchev–Trinajstić information content (AvgIpc) is 2.27. The number of carboxylic acids is 1. The molecule has 7 nitrogen and oxygen atoms in total. The predicted molar refractivity (Wildman–Crippen MR) is 60.9 cm³/mol. The van der Waals surface area contributed by atoms with Gasteiger partial charge in [0.2, 0.25) is 0 Å². The van der Waals surface area contributed by atoms with E-state index in [4.69, 9.17) is 15.9 Å². The number of nitrogens with zero attached hydrogens (tertiary/aromatic N) is 1. The zero-order valence-corrected chi connectivity index (χ0v) is 9.38. The number of benzene rings is 1. The smallest absolute Gasteiger partial charge is 0.330 e. The minimum Gasteiger partial charge on any atom is -0.480 e. The van der Waals surface area contributed by atoms with E-state index in [-0.39, 0.29) is 23.7 Å². The Bertz CT molecular complexity index is 422. The lowest BCUT2D eigenvalue weighted by molar-refractivity contribution is -0.384. The number of aliphatic hydroxyl groups excluding tert-OH is 1. The van der Waals surface area contributed by atoms with E-state index in [1.807, 2.05) is 0 Å². The standard InChI is InChI=1S/C9H10N2O5.ClH/c10-9(5-12,8(13)14)6-1-3-7(4-2-6)11(15)16;/h1-4,12H,5,10H2,(H,13,14);1H. The molecule has 0 fully saturated rings. The van der Waals surface area contributed by atoms with Crippen molar-refractivity contribution < 1.29 is 19.9 Å². The molecule has 0 aromatic heterocycles. The first-order valence-corrected chi connectivity index (χ1v) is 4.30. The van der Waals surface area contributed by atoms with Gasteiger partial charge in [0.25, 0.3) is 5.69 Å². The number of hydrogen-bond donors (Lipinski definition) is 3. The van der Waals surface area contributed by atoms with Crippen LogP contribution in [0.2, 0.25) is 0 Å². The molecule has 1 aromatic rings. The van der Waals surface area contributed by atoms with Crippen LogP contribution in [0.1, 0.15) is 5.56 Å². The summed E-state index contributed by atoms with van der Waals surface area (Å²) in [7, 11) is 0. The summed E-state index contributed by atoms with van der Waals surface area (Å²) in [5.74, 6) is -1.40. The van der Waals surface area contributed by atoms with Crippen molar-refractivity contribution in [2.24, 2.45) is 5.73 Å². The monoisotopic (exact) mass is 262 g/mol. The highest BCUT2D eigenvalue weighted by atomic mass is 35.5. The molecule has 1 rings (SSSR count). The van der Waals surface area contributed by atoms with Crippen LogP contribution in [0.25, 0.3) is 0 Å². The van der Waals surface area contributed by atoms with Crippen molar-refractivity contribution in [1.29, 1.82) is 0 Å². The lowest BCUT2D eigenvalue weighted by atomic mass is 9.92. The van der Waals surface area contributed by atoms with Crippen LogP contribution in [0.5, 0.6) is 0 Å². The van der Waals surface area contributed by atoms with Crippen LogP contribution in [0.4, 0.5) is 5.69 Å². The minimum absolute atomic E-state index is 0. The number of carbonyl (C=O) groups is 1. The number of nitrogens with two attached hydrogens (primary N) is 1. The number of hydrogen-bond acceptors (Lipinski definition) is 5. The molecule has 0 saturated heterocycles. The molecular formula is C9H11ClN2O5. The summed E-state index contributed by atoms with van der Waals surface area (Å²) in [5, 5.41) is 28.2. The Hall–Kier alpha value is -1.70. The van der Waals surface area contributed by atoms with E-state index in [2.05, 4.69) is 0 Å². The minimum atomic E-state index is -1.94. The molecule has 0 bridgehead atoms. The Kier molecular flexibility index (Phi) is 5.02. The van der Waals surface area contributed by atoms with Gasteiger partial charge in [-0.3, -0.25) is 10.1 Å². The third-order valence-electron chi connectivity index (χ3n) is 2.22. The Labute approximate surface area is 102 Å². The molecule has 0 amide bonds. The number of carboxylic acid groups (broad SMARTS) is 1. The van der Waals surface area contributed by atoms with Gasteiger partial charge in [-0.25, -0.2) is 4.79 Å². The summed E-state index contributed by atoms with van der Waals surface area (Å²) in [6.07, 6.45) is 0. The van der Waals surface area contributed by atoms with Crippen LogP contribution in [0.3, 0.4) is 0 Å². The Morgan fingerprint density at radius 3 is 2.18 bits per heavy atom. The number of halogens is 1. The van der Waals surface area contributed by atoms with Crippen LogP contribution in [-0.2, 0) is 10.3 Å². The molecule has 0 aliphatic heterocycles. The van der Waals surface area contributed by atoms with Crippen molar-refractivity contribution in [1.82, 2.24) is 0 Å². The van der Waals surface area contributed by atoms with E-state index < -0.39 is 23.0 Å². The number of aliphatic hydroxyl groups is 1. The van der Waals surface area contributed by atoms with Crippen molar-refractivity contribution in [2.75, 3.05) is 6.61 Å². The lowest BCUT2D eigenvalue weighted by Gasteiger charge is -2.22. The van der Waals surface area contributed by atoms with Crippen molar-refractivity contribution in [3.63, 3.8) is 0 Å². The van der Waals surface area contributed by atoms with Gasteiger partial charge in [0.1, 0.15) is 0 Å². The third kappa shape index (κ3) is 2.90. The van der Waals surface area contributed by atoms with Crippen LogP contribution >= 0.6 is 12.4 Å². The number of nitro benzene ring substituents is 1.